The van der Waals surface area contributed by atoms with Crippen molar-refractivity contribution in [3.8, 4) is 0 Å². The SMILES string of the molecule is COCC(=O)OCC1CN(C(=O)CCNC(=O)OCC2[C@H]3CC/C=C\CC[C@@H]23)CCN1CC(=O)O. The highest BCUT2D eigenvalue weighted by Gasteiger charge is 2.49. The van der Waals surface area contributed by atoms with Crippen molar-refractivity contribution in [1.82, 2.24) is 15.1 Å². The van der Waals surface area contributed by atoms with Gasteiger partial charge in [-0.2, -0.15) is 0 Å². The molecular formula is C24H37N3O8. The molecule has 0 aromatic heterocycles. The smallest absolute Gasteiger partial charge is 0.407 e. The van der Waals surface area contributed by atoms with Crippen LogP contribution in [0.3, 0.4) is 0 Å². The largest absolute Gasteiger partial charge is 0.480 e. The summed E-state index contributed by atoms with van der Waals surface area (Å²) in [5, 5.41) is 11.8. The minimum Gasteiger partial charge on any atom is -0.480 e. The summed E-state index contributed by atoms with van der Waals surface area (Å²) < 4.78 is 15.3. The van der Waals surface area contributed by atoms with Crippen molar-refractivity contribution in [2.45, 2.75) is 38.1 Å². The van der Waals surface area contributed by atoms with E-state index in [9.17, 15) is 19.2 Å². The van der Waals surface area contributed by atoms with Gasteiger partial charge in [0, 0.05) is 39.7 Å². The number of nitrogens with one attached hydrogen (secondary N) is 1. The molecule has 0 spiro atoms. The number of alkyl carbamates (subject to hydrolysis) is 1. The van der Waals surface area contributed by atoms with E-state index < -0.39 is 24.1 Å². The third kappa shape index (κ3) is 8.50. The molecule has 3 rings (SSSR count). The number of carbonyl (C=O) groups is 4. The summed E-state index contributed by atoms with van der Waals surface area (Å²) in [5.74, 6) is 0.0313. The van der Waals surface area contributed by atoms with Gasteiger partial charge >= 0.3 is 18.0 Å². The second kappa shape index (κ2) is 13.4. The molecule has 196 valence electrons. The summed E-state index contributed by atoms with van der Waals surface area (Å²) in [6.07, 6.45) is 8.54. The minimum atomic E-state index is -0.992. The molecule has 1 aliphatic heterocycles. The Hall–Kier alpha value is -2.66. The Balaban J connectivity index is 1.36. The Labute approximate surface area is 205 Å². The summed E-state index contributed by atoms with van der Waals surface area (Å²) in [7, 11) is 1.38. The number of hydrogen-bond donors (Lipinski definition) is 2. The fourth-order valence-corrected chi connectivity index (χ4v) is 5.10. The van der Waals surface area contributed by atoms with Crippen molar-refractivity contribution in [2.75, 3.05) is 59.7 Å². The quantitative estimate of drug-likeness (QED) is 0.316. The van der Waals surface area contributed by atoms with Crippen molar-refractivity contribution in [2.24, 2.45) is 17.8 Å². The van der Waals surface area contributed by atoms with Crippen LogP contribution in [0.4, 0.5) is 4.79 Å². The molecule has 1 saturated heterocycles. The van der Waals surface area contributed by atoms with Crippen LogP contribution in [0, 0.1) is 17.8 Å². The molecule has 4 atom stereocenters. The molecule has 35 heavy (non-hydrogen) atoms. The van der Waals surface area contributed by atoms with Gasteiger partial charge in [0.2, 0.25) is 5.91 Å². The Morgan fingerprint density at radius 2 is 1.74 bits per heavy atom. The van der Waals surface area contributed by atoms with E-state index in [4.69, 9.17) is 19.3 Å². The zero-order valence-corrected chi connectivity index (χ0v) is 20.4. The van der Waals surface area contributed by atoms with Gasteiger partial charge in [-0.3, -0.25) is 14.5 Å². The summed E-state index contributed by atoms with van der Waals surface area (Å²) in [4.78, 5) is 50.8. The number of methoxy groups -OCH3 is 1. The molecule has 0 bridgehead atoms. The number of carboxylic acids is 1. The first-order valence-corrected chi connectivity index (χ1v) is 12.3. The Bertz CT molecular complexity index is 773. The first-order valence-electron chi connectivity index (χ1n) is 12.3. The normalized spacial score (nSPS) is 27.1. The van der Waals surface area contributed by atoms with Crippen molar-refractivity contribution in [3.63, 3.8) is 0 Å². The predicted octanol–water partition coefficient (Wildman–Crippen LogP) is 0.882. The van der Waals surface area contributed by atoms with Gasteiger partial charge in [0.05, 0.1) is 19.2 Å². The summed E-state index contributed by atoms with van der Waals surface area (Å²) >= 11 is 0. The molecule has 2 amide bonds. The topological polar surface area (TPSA) is 135 Å². The molecule has 2 aliphatic carbocycles. The number of carboxylic acid groups (broad SMARTS) is 1. The van der Waals surface area contributed by atoms with Crippen LogP contribution in [0.1, 0.15) is 32.1 Å². The molecule has 2 unspecified atom stereocenters. The third-order valence-corrected chi connectivity index (χ3v) is 7.02. The first-order chi connectivity index (χ1) is 16.9. The minimum absolute atomic E-state index is 0.0386. The van der Waals surface area contributed by atoms with Gasteiger partial charge in [-0.05, 0) is 43.4 Å². The van der Waals surface area contributed by atoms with Crippen LogP contribution in [-0.2, 0) is 28.6 Å². The highest BCUT2D eigenvalue weighted by atomic mass is 16.6. The van der Waals surface area contributed by atoms with E-state index in [1.165, 1.54) is 7.11 Å². The number of carbonyl (C=O) groups excluding carboxylic acids is 3. The van der Waals surface area contributed by atoms with E-state index in [1.807, 2.05) is 0 Å². The van der Waals surface area contributed by atoms with Crippen LogP contribution >= 0.6 is 0 Å². The number of rotatable bonds is 11. The van der Waals surface area contributed by atoms with E-state index in [-0.39, 0.29) is 45.2 Å². The molecule has 1 heterocycles. The fourth-order valence-electron chi connectivity index (χ4n) is 5.10. The number of piperazine rings is 1. The Kier molecular flexibility index (Phi) is 10.3. The van der Waals surface area contributed by atoms with Gasteiger partial charge in [0.1, 0.15) is 13.2 Å². The monoisotopic (exact) mass is 495 g/mol. The average Bonchev–Trinajstić information content (AvgIpc) is 3.45. The lowest BCUT2D eigenvalue weighted by Crippen LogP contribution is -2.57. The highest BCUT2D eigenvalue weighted by molar-refractivity contribution is 5.77. The second-order valence-corrected chi connectivity index (χ2v) is 9.37. The van der Waals surface area contributed by atoms with Gasteiger partial charge in [-0.1, -0.05) is 12.2 Å². The van der Waals surface area contributed by atoms with Crippen LogP contribution in [0.5, 0.6) is 0 Å². The molecule has 0 radical (unpaired) electrons. The van der Waals surface area contributed by atoms with E-state index in [0.717, 1.165) is 25.7 Å². The van der Waals surface area contributed by atoms with Crippen LogP contribution in [0.25, 0.3) is 0 Å². The van der Waals surface area contributed by atoms with E-state index in [1.54, 1.807) is 9.80 Å². The van der Waals surface area contributed by atoms with Gasteiger partial charge in [-0.15, -0.1) is 0 Å². The number of amides is 2. The summed E-state index contributed by atoms with van der Waals surface area (Å²) in [6, 6.07) is -0.437. The number of allylic oxidation sites excluding steroid dienone is 2. The van der Waals surface area contributed by atoms with Crippen LogP contribution in [0.2, 0.25) is 0 Å². The molecule has 2 fully saturated rings. The van der Waals surface area contributed by atoms with Crippen molar-refractivity contribution in [3.05, 3.63) is 12.2 Å². The molecule has 0 aromatic carbocycles. The van der Waals surface area contributed by atoms with Gasteiger partial charge < -0.3 is 29.5 Å². The van der Waals surface area contributed by atoms with Crippen LogP contribution < -0.4 is 5.32 Å². The van der Waals surface area contributed by atoms with Crippen LogP contribution in [-0.4, -0.2) is 105 Å². The zero-order valence-electron chi connectivity index (χ0n) is 20.4. The lowest BCUT2D eigenvalue weighted by Gasteiger charge is -2.40. The molecule has 11 nitrogen and oxygen atoms in total. The lowest BCUT2D eigenvalue weighted by molar-refractivity contribution is -0.152. The first kappa shape index (κ1) is 26.9. The number of ether oxygens (including phenoxy) is 3. The van der Waals surface area contributed by atoms with Gasteiger partial charge in [-0.25, -0.2) is 9.59 Å². The molecule has 2 N–H and O–H groups in total. The Morgan fingerprint density at radius 3 is 2.40 bits per heavy atom. The van der Waals surface area contributed by atoms with Crippen molar-refractivity contribution in [1.29, 1.82) is 0 Å². The van der Waals surface area contributed by atoms with Crippen molar-refractivity contribution >= 4 is 23.9 Å². The molecule has 1 saturated carbocycles. The summed E-state index contributed by atoms with van der Waals surface area (Å²) in [6.45, 7) is 1.07. The summed E-state index contributed by atoms with van der Waals surface area (Å²) in [5.41, 5.74) is 0. The number of nitrogens with zero attached hydrogens (tertiary/aromatic N) is 2. The van der Waals surface area contributed by atoms with E-state index in [0.29, 0.717) is 37.5 Å². The number of aliphatic carboxylic acids is 1. The number of hydrogen-bond acceptors (Lipinski definition) is 8. The standard InChI is InChI=1S/C24H37N3O8/c1-33-16-23(31)34-14-17-12-27(11-10-26(17)13-22(29)30)21(28)8-9-25-24(32)35-15-20-18-6-4-2-3-5-7-19(18)20/h2-3,17-20H,4-16H2,1H3,(H,25,32)(H,29,30)/b3-2-/t17?,18-,19+,20?. The maximum absolute atomic E-state index is 12.7. The van der Waals surface area contributed by atoms with Crippen LogP contribution in [0.15, 0.2) is 12.2 Å². The fraction of sp³-hybridized carbons (Fsp3) is 0.750. The maximum atomic E-state index is 12.7. The van der Waals surface area contributed by atoms with E-state index >= 15 is 0 Å². The van der Waals surface area contributed by atoms with Gasteiger partial charge in [0.15, 0.2) is 0 Å². The lowest BCUT2D eigenvalue weighted by atomic mass is 10.1. The predicted molar refractivity (Wildman–Crippen MR) is 124 cm³/mol. The second-order valence-electron chi connectivity index (χ2n) is 9.37. The van der Waals surface area contributed by atoms with Gasteiger partial charge in [0.25, 0.3) is 0 Å². The highest BCUT2D eigenvalue weighted by Crippen LogP contribution is 2.52. The molecular weight excluding hydrogens is 458 g/mol. The van der Waals surface area contributed by atoms with E-state index in [2.05, 4.69) is 17.5 Å². The third-order valence-electron chi connectivity index (χ3n) is 7.02. The Morgan fingerprint density at radius 1 is 1.03 bits per heavy atom. The molecule has 0 aromatic rings. The van der Waals surface area contributed by atoms with Crippen molar-refractivity contribution < 1.29 is 38.5 Å². The number of fused-ring (bicyclic) bond motifs is 1. The zero-order chi connectivity index (χ0) is 25.2. The number of esters is 1. The molecule has 11 heteroatoms. The molecule has 3 aliphatic rings. The average molecular weight is 496 g/mol. The maximum Gasteiger partial charge on any atom is 0.407 e.